The third-order valence-corrected chi connectivity index (χ3v) is 4.51. The van der Waals surface area contributed by atoms with Crippen molar-refractivity contribution in [3.8, 4) is 5.88 Å². The molecule has 1 aliphatic heterocycles. The van der Waals surface area contributed by atoms with E-state index in [0.29, 0.717) is 30.6 Å². The zero-order valence-electron chi connectivity index (χ0n) is 19.0. The van der Waals surface area contributed by atoms with Gasteiger partial charge in [-0.3, -0.25) is 0 Å². The molecule has 0 bridgehead atoms. The molecule has 1 fully saturated rings. The molecule has 0 unspecified atom stereocenters. The van der Waals surface area contributed by atoms with E-state index in [-0.39, 0.29) is 24.8 Å². The second-order valence-electron chi connectivity index (χ2n) is 7.86. The Kier molecular flexibility index (Phi) is 11.8. The molecule has 3 N–H and O–H groups in total. The summed E-state index contributed by atoms with van der Waals surface area (Å²) in [5, 5.41) is 18.9. The number of carbonyl (C=O) groups excluding carboxylic acids is 1. The summed E-state index contributed by atoms with van der Waals surface area (Å²) in [6.45, 7) is 10.8. The molecule has 1 aromatic heterocycles. The van der Waals surface area contributed by atoms with E-state index < -0.39 is 11.9 Å². The molecular formula is C22H33N3O7. The van der Waals surface area contributed by atoms with Crippen LogP contribution in [0.1, 0.15) is 39.7 Å². The van der Waals surface area contributed by atoms with Gasteiger partial charge in [-0.25, -0.2) is 19.4 Å². The summed E-state index contributed by atoms with van der Waals surface area (Å²) in [5.41, 5.74) is 0.856. The molecule has 0 saturated carbocycles. The minimum absolute atomic E-state index is 0.135. The molecular weight excluding hydrogens is 418 g/mol. The minimum atomic E-state index is -1.26. The maximum absolute atomic E-state index is 12.3. The number of carbonyl (C=O) groups is 3. The molecule has 1 aliphatic rings. The van der Waals surface area contributed by atoms with Gasteiger partial charge in [0.15, 0.2) is 0 Å². The van der Waals surface area contributed by atoms with E-state index in [2.05, 4.69) is 24.1 Å². The average Bonchev–Trinajstić information content (AvgIpc) is 2.72. The SMILES string of the molecule is CC(C)CCOc1ccc(COC(=O)N2[C@H](C)CNC[C@@H]2C)cn1.O=C(O)C=CC(=O)O. The van der Waals surface area contributed by atoms with Crippen LogP contribution in [-0.4, -0.2) is 69.9 Å². The topological polar surface area (TPSA) is 138 Å². The second kappa shape index (κ2) is 14.0. The van der Waals surface area contributed by atoms with Gasteiger partial charge in [0.25, 0.3) is 0 Å². The number of carboxylic acid groups (broad SMARTS) is 2. The number of pyridine rings is 1. The number of hydrogen-bond donors (Lipinski definition) is 3. The van der Waals surface area contributed by atoms with Gasteiger partial charge >= 0.3 is 18.0 Å². The monoisotopic (exact) mass is 451 g/mol. The van der Waals surface area contributed by atoms with Crippen LogP contribution in [0, 0.1) is 5.92 Å². The van der Waals surface area contributed by atoms with Crippen LogP contribution in [0.5, 0.6) is 5.88 Å². The highest BCUT2D eigenvalue weighted by molar-refractivity contribution is 5.89. The molecule has 0 spiro atoms. The van der Waals surface area contributed by atoms with Crippen molar-refractivity contribution in [3.63, 3.8) is 0 Å². The van der Waals surface area contributed by atoms with Crippen molar-refractivity contribution in [3.05, 3.63) is 36.0 Å². The molecule has 1 saturated heterocycles. The minimum Gasteiger partial charge on any atom is -0.478 e. The number of nitrogens with one attached hydrogen (secondary N) is 1. The zero-order chi connectivity index (χ0) is 24.1. The number of aliphatic carboxylic acids is 2. The third kappa shape index (κ3) is 10.8. The number of aromatic nitrogens is 1. The molecule has 0 radical (unpaired) electrons. The highest BCUT2D eigenvalue weighted by atomic mass is 16.6. The fraction of sp³-hybridized carbons (Fsp3) is 0.545. The summed E-state index contributed by atoms with van der Waals surface area (Å²) in [6.07, 6.45) is 3.55. The van der Waals surface area contributed by atoms with Crippen LogP contribution >= 0.6 is 0 Å². The Morgan fingerprint density at radius 3 is 2.22 bits per heavy atom. The molecule has 1 amide bonds. The lowest BCUT2D eigenvalue weighted by Crippen LogP contribution is -2.57. The molecule has 0 aromatic carbocycles. The molecule has 10 nitrogen and oxygen atoms in total. The van der Waals surface area contributed by atoms with Gasteiger partial charge in [-0.15, -0.1) is 0 Å². The van der Waals surface area contributed by atoms with Crippen LogP contribution in [0.15, 0.2) is 30.5 Å². The van der Waals surface area contributed by atoms with Gasteiger partial charge in [-0.05, 0) is 32.3 Å². The highest BCUT2D eigenvalue weighted by Gasteiger charge is 2.29. The highest BCUT2D eigenvalue weighted by Crippen LogP contribution is 2.14. The summed E-state index contributed by atoms with van der Waals surface area (Å²) in [5.74, 6) is -1.30. The first-order valence-corrected chi connectivity index (χ1v) is 10.5. The van der Waals surface area contributed by atoms with Gasteiger partial charge < -0.3 is 29.9 Å². The van der Waals surface area contributed by atoms with Crippen LogP contribution in [0.2, 0.25) is 0 Å². The summed E-state index contributed by atoms with van der Waals surface area (Å²) in [6, 6.07) is 3.97. The van der Waals surface area contributed by atoms with Gasteiger partial charge in [-0.1, -0.05) is 13.8 Å². The van der Waals surface area contributed by atoms with Crippen LogP contribution < -0.4 is 10.1 Å². The number of hydrogen-bond acceptors (Lipinski definition) is 7. The molecule has 32 heavy (non-hydrogen) atoms. The molecule has 1 aromatic rings. The lowest BCUT2D eigenvalue weighted by atomic mass is 10.1. The first-order valence-electron chi connectivity index (χ1n) is 10.5. The molecule has 10 heteroatoms. The number of rotatable bonds is 8. The first-order chi connectivity index (χ1) is 15.1. The van der Waals surface area contributed by atoms with Crippen molar-refractivity contribution in [2.75, 3.05) is 19.7 Å². The quantitative estimate of drug-likeness (QED) is 0.509. The largest absolute Gasteiger partial charge is 0.478 e. The van der Waals surface area contributed by atoms with Gasteiger partial charge in [0.2, 0.25) is 5.88 Å². The van der Waals surface area contributed by atoms with Crippen LogP contribution in [0.3, 0.4) is 0 Å². The first kappa shape index (κ1) is 26.9. The van der Waals surface area contributed by atoms with Crippen molar-refractivity contribution in [2.24, 2.45) is 5.92 Å². The second-order valence-corrected chi connectivity index (χ2v) is 7.86. The van der Waals surface area contributed by atoms with Crippen molar-refractivity contribution in [1.29, 1.82) is 0 Å². The molecule has 2 atom stereocenters. The lowest BCUT2D eigenvalue weighted by Gasteiger charge is -2.38. The van der Waals surface area contributed by atoms with E-state index >= 15 is 0 Å². The Bertz CT molecular complexity index is 739. The maximum atomic E-state index is 12.3. The third-order valence-electron chi connectivity index (χ3n) is 4.51. The number of ether oxygens (including phenoxy) is 2. The number of piperazine rings is 1. The number of carboxylic acids is 2. The van der Waals surface area contributed by atoms with Gasteiger partial charge in [0.1, 0.15) is 6.61 Å². The Morgan fingerprint density at radius 1 is 1.16 bits per heavy atom. The fourth-order valence-corrected chi connectivity index (χ4v) is 2.84. The van der Waals surface area contributed by atoms with Gasteiger partial charge in [0, 0.05) is 55.2 Å². The Morgan fingerprint density at radius 2 is 1.75 bits per heavy atom. The van der Waals surface area contributed by atoms with E-state index in [0.717, 1.165) is 25.1 Å². The van der Waals surface area contributed by atoms with Gasteiger partial charge in [0.05, 0.1) is 6.61 Å². The summed E-state index contributed by atoms with van der Waals surface area (Å²) >= 11 is 0. The molecule has 2 heterocycles. The smallest absolute Gasteiger partial charge is 0.410 e. The summed E-state index contributed by atoms with van der Waals surface area (Å²) in [4.78, 5) is 37.5. The predicted octanol–water partition coefficient (Wildman–Crippen LogP) is 2.54. The number of amides is 1. The fourth-order valence-electron chi connectivity index (χ4n) is 2.84. The summed E-state index contributed by atoms with van der Waals surface area (Å²) in [7, 11) is 0. The molecule has 178 valence electrons. The predicted molar refractivity (Wildman–Crippen MR) is 117 cm³/mol. The van der Waals surface area contributed by atoms with Crippen molar-refractivity contribution < 1.29 is 34.1 Å². The average molecular weight is 452 g/mol. The van der Waals surface area contributed by atoms with E-state index in [9.17, 15) is 14.4 Å². The van der Waals surface area contributed by atoms with E-state index in [1.165, 1.54) is 0 Å². The summed E-state index contributed by atoms with van der Waals surface area (Å²) < 4.78 is 11.0. The van der Waals surface area contributed by atoms with Crippen LogP contribution in [-0.2, 0) is 20.9 Å². The van der Waals surface area contributed by atoms with Crippen molar-refractivity contribution >= 4 is 18.0 Å². The lowest BCUT2D eigenvalue weighted by molar-refractivity contribution is -0.134. The normalized spacial score (nSPS) is 18.1. The van der Waals surface area contributed by atoms with Crippen LogP contribution in [0.25, 0.3) is 0 Å². The Labute approximate surface area is 188 Å². The van der Waals surface area contributed by atoms with Gasteiger partial charge in [-0.2, -0.15) is 0 Å². The van der Waals surface area contributed by atoms with E-state index in [4.69, 9.17) is 19.7 Å². The van der Waals surface area contributed by atoms with E-state index in [1.54, 1.807) is 11.1 Å². The molecule has 0 aliphatic carbocycles. The Balaban J connectivity index is 0.000000547. The van der Waals surface area contributed by atoms with Crippen LogP contribution in [0.4, 0.5) is 4.79 Å². The number of nitrogens with zero attached hydrogens (tertiary/aromatic N) is 2. The maximum Gasteiger partial charge on any atom is 0.410 e. The molecule has 2 rings (SSSR count). The Hall–Kier alpha value is -3.14. The van der Waals surface area contributed by atoms with E-state index in [1.807, 2.05) is 26.0 Å². The standard InChI is InChI=1S/C18H29N3O3.C4H4O4/c1-13(2)7-8-23-17-6-5-16(11-20-17)12-24-18(22)21-14(3)9-19-10-15(21)4;5-3(6)1-2-4(7)8/h5-6,11,13-15,19H,7-10,12H2,1-4H3;1-2H,(H,5,6)(H,7,8)/t14-,15+;. The zero-order valence-corrected chi connectivity index (χ0v) is 19.0. The van der Waals surface area contributed by atoms with Crippen molar-refractivity contribution in [2.45, 2.75) is 52.8 Å². The van der Waals surface area contributed by atoms with Crippen molar-refractivity contribution in [1.82, 2.24) is 15.2 Å².